The Hall–Kier alpha value is -3.79. The number of aromatic nitrogens is 3. The molecule has 10 heteroatoms. The zero-order valence-electron chi connectivity index (χ0n) is 20.1. The zero-order valence-corrected chi connectivity index (χ0v) is 21.0. The molecule has 9 nitrogen and oxygen atoms in total. The van der Waals surface area contributed by atoms with Crippen LogP contribution in [-0.4, -0.2) is 73.1 Å². The third-order valence-corrected chi connectivity index (χ3v) is 7.34. The summed E-state index contributed by atoms with van der Waals surface area (Å²) < 4.78 is 18.8. The van der Waals surface area contributed by atoms with Crippen LogP contribution in [0, 0.1) is 6.92 Å². The number of aryl methyl sites for hydroxylation is 1. The van der Waals surface area contributed by atoms with E-state index in [1.807, 2.05) is 40.8 Å². The Kier molecular flexibility index (Phi) is 6.21. The molecular weight excluding hydrogens is 466 g/mol. The number of hydrogen-bond acceptors (Lipinski definition) is 8. The molecule has 1 fully saturated rings. The van der Waals surface area contributed by atoms with Crippen LogP contribution in [0.1, 0.15) is 16.1 Å². The van der Waals surface area contributed by atoms with Crippen molar-refractivity contribution in [3.8, 4) is 22.9 Å². The first-order valence-electron chi connectivity index (χ1n) is 11.3. The van der Waals surface area contributed by atoms with Gasteiger partial charge in [0.15, 0.2) is 10.8 Å². The third kappa shape index (κ3) is 4.37. The molecule has 1 saturated heterocycles. The molecule has 0 bridgehead atoms. The second-order valence-corrected chi connectivity index (χ2v) is 9.20. The third-order valence-electron chi connectivity index (χ3n) is 6.13. The molecule has 0 unspecified atom stereocenters. The van der Waals surface area contributed by atoms with E-state index in [0.717, 1.165) is 32.6 Å². The number of ether oxygens (including phenoxy) is 3. The average molecular weight is 494 g/mol. The van der Waals surface area contributed by atoms with E-state index < -0.39 is 0 Å². The molecule has 4 aromatic rings. The number of amides is 1. The van der Waals surface area contributed by atoms with Crippen LogP contribution in [-0.2, 0) is 0 Å². The summed E-state index contributed by atoms with van der Waals surface area (Å²) in [6, 6.07) is 13.0. The predicted octanol–water partition coefficient (Wildman–Crippen LogP) is 3.78. The number of hydrogen-bond donors (Lipinski definition) is 0. The van der Waals surface area contributed by atoms with Crippen LogP contribution >= 0.6 is 11.3 Å². The van der Waals surface area contributed by atoms with Gasteiger partial charge in [-0.2, -0.15) is 10.1 Å². The number of carbonyl (C=O) groups excluding carboxylic acids is 1. The van der Waals surface area contributed by atoms with E-state index in [2.05, 4.69) is 4.90 Å². The Labute approximate surface area is 207 Å². The minimum Gasteiger partial charge on any atom is -0.497 e. The first kappa shape index (κ1) is 23.0. The van der Waals surface area contributed by atoms with Crippen LogP contribution in [0.25, 0.3) is 16.0 Å². The van der Waals surface area contributed by atoms with Gasteiger partial charge in [-0.3, -0.25) is 4.79 Å². The van der Waals surface area contributed by atoms with E-state index in [-0.39, 0.29) is 5.91 Å². The Morgan fingerprint density at radius 1 is 0.886 bits per heavy atom. The molecule has 2 aromatic heterocycles. The molecule has 0 spiro atoms. The predicted molar refractivity (Wildman–Crippen MR) is 136 cm³/mol. The van der Waals surface area contributed by atoms with Gasteiger partial charge in [-0.05, 0) is 43.3 Å². The van der Waals surface area contributed by atoms with Crippen LogP contribution in [0.15, 0.2) is 42.5 Å². The van der Waals surface area contributed by atoms with Crippen molar-refractivity contribution in [2.24, 2.45) is 0 Å². The standard InChI is InChI=1S/C25H27N5O4S/c1-16-22-23(30(27-16)18-5-7-19(32-2)8-6-18)26-25(35-22)29-11-9-28(10-12-29)24(31)17-13-20(33-3)15-21(14-17)34-4/h5-8,13-15H,9-12H2,1-4H3. The lowest BCUT2D eigenvalue weighted by Gasteiger charge is -2.34. The number of thiazole rings is 1. The Morgan fingerprint density at radius 2 is 1.51 bits per heavy atom. The van der Waals surface area contributed by atoms with Gasteiger partial charge in [0.05, 0.1) is 37.4 Å². The number of piperazine rings is 1. The first-order valence-corrected chi connectivity index (χ1v) is 12.1. The van der Waals surface area contributed by atoms with Crippen LogP contribution in [0.5, 0.6) is 17.2 Å². The maximum atomic E-state index is 13.1. The van der Waals surface area contributed by atoms with E-state index in [1.54, 1.807) is 50.9 Å². The highest BCUT2D eigenvalue weighted by atomic mass is 32.1. The minimum absolute atomic E-state index is 0.0304. The zero-order chi connectivity index (χ0) is 24.5. The summed E-state index contributed by atoms with van der Waals surface area (Å²) in [7, 11) is 4.81. The summed E-state index contributed by atoms with van der Waals surface area (Å²) >= 11 is 1.64. The molecule has 0 radical (unpaired) electrons. The van der Waals surface area contributed by atoms with Gasteiger partial charge in [-0.1, -0.05) is 11.3 Å². The molecule has 1 aliphatic rings. The molecule has 0 saturated carbocycles. The molecule has 5 rings (SSSR count). The summed E-state index contributed by atoms with van der Waals surface area (Å²) in [5.74, 6) is 1.97. The van der Waals surface area contributed by atoms with Crippen molar-refractivity contribution in [1.29, 1.82) is 0 Å². The lowest BCUT2D eigenvalue weighted by molar-refractivity contribution is 0.0746. The molecule has 35 heavy (non-hydrogen) atoms. The minimum atomic E-state index is -0.0304. The maximum absolute atomic E-state index is 13.1. The van der Waals surface area contributed by atoms with Crippen molar-refractivity contribution in [3.05, 3.63) is 53.7 Å². The fraction of sp³-hybridized carbons (Fsp3) is 0.320. The summed E-state index contributed by atoms with van der Waals surface area (Å²) in [6.07, 6.45) is 0. The SMILES string of the molecule is COc1ccc(-n2nc(C)c3sc(N4CCN(C(=O)c5cc(OC)cc(OC)c5)CC4)nc32)cc1. The molecule has 0 aliphatic carbocycles. The quantitative estimate of drug-likeness (QED) is 0.404. The van der Waals surface area contributed by atoms with Crippen molar-refractivity contribution in [3.63, 3.8) is 0 Å². The van der Waals surface area contributed by atoms with Crippen molar-refractivity contribution in [1.82, 2.24) is 19.7 Å². The maximum Gasteiger partial charge on any atom is 0.254 e. The monoisotopic (exact) mass is 493 g/mol. The van der Waals surface area contributed by atoms with Crippen LogP contribution < -0.4 is 19.1 Å². The van der Waals surface area contributed by atoms with Gasteiger partial charge in [-0.25, -0.2) is 4.68 Å². The van der Waals surface area contributed by atoms with Crippen LogP contribution in [0.4, 0.5) is 5.13 Å². The number of fused-ring (bicyclic) bond motifs is 1. The molecular formula is C25H27N5O4S. The Bertz CT molecular complexity index is 1330. The number of carbonyl (C=O) groups is 1. The van der Waals surface area contributed by atoms with E-state index in [1.165, 1.54) is 0 Å². The lowest BCUT2D eigenvalue weighted by atomic mass is 10.1. The highest BCUT2D eigenvalue weighted by Crippen LogP contribution is 2.33. The number of anilines is 1. The van der Waals surface area contributed by atoms with Crippen molar-refractivity contribution in [2.75, 3.05) is 52.4 Å². The normalized spacial score (nSPS) is 13.8. The molecule has 0 N–H and O–H groups in total. The first-order chi connectivity index (χ1) is 17.0. The number of nitrogens with zero attached hydrogens (tertiary/aromatic N) is 5. The van der Waals surface area contributed by atoms with E-state index in [4.69, 9.17) is 24.3 Å². The molecule has 0 atom stereocenters. The van der Waals surface area contributed by atoms with Crippen LogP contribution in [0.2, 0.25) is 0 Å². The highest BCUT2D eigenvalue weighted by Gasteiger charge is 2.26. The Morgan fingerprint density at radius 3 is 2.11 bits per heavy atom. The van der Waals surface area contributed by atoms with E-state index >= 15 is 0 Å². The topological polar surface area (TPSA) is 82.0 Å². The van der Waals surface area contributed by atoms with Crippen molar-refractivity contribution >= 4 is 32.7 Å². The molecule has 2 aromatic carbocycles. The van der Waals surface area contributed by atoms with Crippen LogP contribution in [0.3, 0.4) is 0 Å². The highest BCUT2D eigenvalue weighted by molar-refractivity contribution is 7.22. The summed E-state index contributed by atoms with van der Waals surface area (Å²) in [5, 5.41) is 5.63. The molecule has 1 amide bonds. The lowest BCUT2D eigenvalue weighted by Crippen LogP contribution is -2.48. The van der Waals surface area contributed by atoms with Gasteiger partial charge < -0.3 is 24.0 Å². The Balaban J connectivity index is 1.32. The average Bonchev–Trinajstić information content (AvgIpc) is 3.48. The largest absolute Gasteiger partial charge is 0.497 e. The van der Waals surface area contributed by atoms with Gasteiger partial charge in [0.1, 0.15) is 17.2 Å². The van der Waals surface area contributed by atoms with Crippen molar-refractivity contribution in [2.45, 2.75) is 6.92 Å². The molecule has 182 valence electrons. The second kappa shape index (κ2) is 9.46. The smallest absolute Gasteiger partial charge is 0.254 e. The number of methoxy groups -OCH3 is 3. The van der Waals surface area contributed by atoms with E-state index in [9.17, 15) is 4.79 Å². The fourth-order valence-electron chi connectivity index (χ4n) is 4.18. The van der Waals surface area contributed by atoms with Crippen molar-refractivity contribution < 1.29 is 19.0 Å². The van der Waals surface area contributed by atoms with Gasteiger partial charge >= 0.3 is 0 Å². The van der Waals surface area contributed by atoms with Gasteiger partial charge in [0, 0.05) is 37.8 Å². The van der Waals surface area contributed by atoms with Gasteiger partial charge in [0.2, 0.25) is 0 Å². The molecule has 1 aliphatic heterocycles. The second-order valence-electron chi connectivity index (χ2n) is 8.22. The summed E-state index contributed by atoms with van der Waals surface area (Å²) in [5.41, 5.74) is 3.28. The summed E-state index contributed by atoms with van der Waals surface area (Å²) in [4.78, 5) is 22.2. The van der Waals surface area contributed by atoms with Gasteiger partial charge in [0.25, 0.3) is 5.91 Å². The number of benzene rings is 2. The fourth-order valence-corrected chi connectivity index (χ4v) is 5.21. The van der Waals surface area contributed by atoms with Gasteiger partial charge in [-0.15, -0.1) is 0 Å². The summed E-state index contributed by atoms with van der Waals surface area (Å²) in [6.45, 7) is 4.63. The number of rotatable bonds is 6. The molecule has 3 heterocycles. The van der Waals surface area contributed by atoms with E-state index in [0.29, 0.717) is 43.2 Å².